The molecule has 1 aromatic carbocycles. The summed E-state index contributed by atoms with van der Waals surface area (Å²) in [5.74, 6) is 2.20. The van der Waals surface area contributed by atoms with E-state index in [-0.39, 0.29) is 0 Å². The lowest BCUT2D eigenvalue weighted by Gasteiger charge is -2.02. The third-order valence-electron chi connectivity index (χ3n) is 4.41. The van der Waals surface area contributed by atoms with Crippen LogP contribution >= 0.6 is 23.1 Å². The Bertz CT molecular complexity index is 1040. The fourth-order valence-corrected chi connectivity index (χ4v) is 5.43. The predicted octanol–water partition coefficient (Wildman–Crippen LogP) is 5.13. The number of hydrogen-bond donors (Lipinski definition) is 0. The zero-order valence-electron chi connectivity index (χ0n) is 13.4. The lowest BCUT2D eigenvalue weighted by Crippen LogP contribution is -1.88. The Morgan fingerprint density at radius 2 is 2.00 bits per heavy atom. The van der Waals surface area contributed by atoms with E-state index in [0.717, 1.165) is 33.5 Å². The second-order valence-corrected chi connectivity index (χ2v) is 8.04. The van der Waals surface area contributed by atoms with E-state index in [4.69, 9.17) is 4.42 Å². The maximum atomic E-state index is 5.90. The molecule has 4 nitrogen and oxygen atoms in total. The fourth-order valence-electron chi connectivity index (χ4n) is 3.25. The first kappa shape index (κ1) is 15.1. The molecule has 0 aliphatic heterocycles. The van der Waals surface area contributed by atoms with Crippen molar-refractivity contribution in [3.63, 3.8) is 0 Å². The Morgan fingerprint density at radius 3 is 2.92 bits per heavy atom. The molecule has 124 valence electrons. The van der Waals surface area contributed by atoms with Crippen molar-refractivity contribution in [3.8, 4) is 11.3 Å². The van der Waals surface area contributed by atoms with Crippen molar-refractivity contribution in [2.75, 3.05) is 0 Å². The number of oxazole rings is 1. The normalized spacial score (nSPS) is 13.4. The molecule has 0 N–H and O–H groups in total. The highest BCUT2D eigenvalue weighted by Crippen LogP contribution is 2.40. The van der Waals surface area contributed by atoms with Gasteiger partial charge in [-0.15, -0.1) is 11.3 Å². The first-order valence-electron chi connectivity index (χ1n) is 8.26. The Balaban J connectivity index is 1.40. The number of thiophene rings is 1. The second-order valence-electron chi connectivity index (χ2n) is 5.99. The Kier molecular flexibility index (Phi) is 3.79. The van der Waals surface area contributed by atoms with Crippen LogP contribution < -0.4 is 0 Å². The number of nitrogens with zero attached hydrogens (tertiary/aromatic N) is 3. The van der Waals surface area contributed by atoms with Crippen LogP contribution in [-0.2, 0) is 18.6 Å². The Hall–Kier alpha value is -2.18. The van der Waals surface area contributed by atoms with Gasteiger partial charge in [0.1, 0.15) is 16.2 Å². The van der Waals surface area contributed by atoms with Gasteiger partial charge in [-0.05, 0) is 24.8 Å². The molecule has 3 heterocycles. The molecule has 5 rings (SSSR count). The third-order valence-corrected chi connectivity index (χ3v) is 6.58. The van der Waals surface area contributed by atoms with Gasteiger partial charge in [-0.1, -0.05) is 42.1 Å². The quantitative estimate of drug-likeness (QED) is 0.371. The number of rotatable bonds is 4. The summed E-state index contributed by atoms with van der Waals surface area (Å²) in [7, 11) is 0. The topological polar surface area (TPSA) is 51.8 Å². The van der Waals surface area contributed by atoms with E-state index < -0.39 is 0 Å². The van der Waals surface area contributed by atoms with Gasteiger partial charge in [-0.2, -0.15) is 0 Å². The average molecular weight is 365 g/mol. The number of benzene rings is 1. The molecule has 0 bridgehead atoms. The highest BCUT2D eigenvalue weighted by molar-refractivity contribution is 7.98. The summed E-state index contributed by atoms with van der Waals surface area (Å²) in [5, 5.41) is 2.30. The van der Waals surface area contributed by atoms with Crippen molar-refractivity contribution in [3.05, 3.63) is 59.2 Å². The van der Waals surface area contributed by atoms with Crippen molar-refractivity contribution < 1.29 is 4.42 Å². The zero-order chi connectivity index (χ0) is 16.6. The van der Waals surface area contributed by atoms with Crippen LogP contribution in [0.1, 0.15) is 22.8 Å². The van der Waals surface area contributed by atoms with E-state index in [1.165, 1.54) is 28.7 Å². The molecule has 0 spiro atoms. The molecule has 0 atom stereocenters. The van der Waals surface area contributed by atoms with Crippen molar-refractivity contribution in [2.45, 2.75) is 30.0 Å². The van der Waals surface area contributed by atoms with E-state index in [2.05, 4.69) is 15.0 Å². The molecule has 6 heteroatoms. The second kappa shape index (κ2) is 6.28. The monoisotopic (exact) mass is 365 g/mol. The standard InChI is InChI=1S/C19H15N3OS2/c1-2-5-12(6-3-1)14-9-20-16(23-14)10-24-18-17-13-7-4-8-15(13)25-19(17)22-11-21-18/h1-3,5-6,9,11H,4,7-8,10H2. The zero-order valence-corrected chi connectivity index (χ0v) is 15.1. The minimum absolute atomic E-state index is 0.670. The molecule has 0 saturated heterocycles. The Morgan fingerprint density at radius 1 is 1.08 bits per heavy atom. The van der Waals surface area contributed by atoms with E-state index in [1.807, 2.05) is 41.7 Å². The molecule has 0 fully saturated rings. The van der Waals surface area contributed by atoms with Crippen molar-refractivity contribution in [2.24, 2.45) is 0 Å². The van der Waals surface area contributed by atoms with Crippen molar-refractivity contribution in [1.82, 2.24) is 15.0 Å². The van der Waals surface area contributed by atoms with Crippen molar-refractivity contribution >= 4 is 33.3 Å². The minimum atomic E-state index is 0.670. The van der Waals surface area contributed by atoms with Gasteiger partial charge in [-0.25, -0.2) is 15.0 Å². The summed E-state index contributed by atoms with van der Waals surface area (Å²) in [6.07, 6.45) is 7.04. The smallest absolute Gasteiger partial charge is 0.205 e. The van der Waals surface area contributed by atoms with Crippen LogP contribution in [0.4, 0.5) is 0 Å². The fraction of sp³-hybridized carbons (Fsp3) is 0.211. The summed E-state index contributed by atoms with van der Waals surface area (Å²) in [4.78, 5) is 16.0. The maximum absolute atomic E-state index is 5.90. The maximum Gasteiger partial charge on any atom is 0.205 e. The first-order valence-corrected chi connectivity index (χ1v) is 10.1. The van der Waals surface area contributed by atoms with Crippen LogP contribution in [0.25, 0.3) is 21.5 Å². The van der Waals surface area contributed by atoms with Crippen LogP contribution in [0.15, 0.2) is 52.3 Å². The molecular weight excluding hydrogens is 350 g/mol. The summed E-state index contributed by atoms with van der Waals surface area (Å²) in [6.45, 7) is 0. The van der Waals surface area contributed by atoms with E-state index in [1.54, 1.807) is 24.3 Å². The lowest BCUT2D eigenvalue weighted by molar-refractivity contribution is 0.530. The van der Waals surface area contributed by atoms with Gasteiger partial charge in [-0.3, -0.25) is 0 Å². The number of hydrogen-bond acceptors (Lipinski definition) is 6. The molecule has 25 heavy (non-hydrogen) atoms. The van der Waals surface area contributed by atoms with E-state index >= 15 is 0 Å². The van der Waals surface area contributed by atoms with Crippen LogP contribution in [0.2, 0.25) is 0 Å². The molecule has 0 unspecified atom stereocenters. The van der Waals surface area contributed by atoms with Crippen LogP contribution in [0, 0.1) is 0 Å². The lowest BCUT2D eigenvalue weighted by atomic mass is 10.2. The summed E-state index contributed by atoms with van der Waals surface area (Å²) in [5.41, 5.74) is 2.51. The summed E-state index contributed by atoms with van der Waals surface area (Å²) in [6, 6.07) is 10.1. The summed E-state index contributed by atoms with van der Waals surface area (Å²) >= 11 is 3.50. The average Bonchev–Trinajstić information content (AvgIpc) is 3.36. The minimum Gasteiger partial charge on any atom is -0.440 e. The first-order chi connectivity index (χ1) is 12.4. The Labute approximate surface area is 153 Å². The van der Waals surface area contributed by atoms with Gasteiger partial charge in [0.2, 0.25) is 5.89 Å². The largest absolute Gasteiger partial charge is 0.440 e. The molecule has 4 aromatic rings. The van der Waals surface area contributed by atoms with Gasteiger partial charge in [0.25, 0.3) is 0 Å². The van der Waals surface area contributed by atoms with Crippen LogP contribution in [0.3, 0.4) is 0 Å². The molecule has 1 aliphatic rings. The molecule has 0 radical (unpaired) electrons. The number of thioether (sulfide) groups is 1. The number of aromatic nitrogens is 3. The van der Waals surface area contributed by atoms with E-state index in [9.17, 15) is 0 Å². The SMILES string of the molecule is c1ccc(-c2cnc(CSc3ncnc4sc5c(c34)CCC5)o2)cc1. The molecule has 0 saturated carbocycles. The molecule has 0 amide bonds. The highest BCUT2D eigenvalue weighted by Gasteiger charge is 2.21. The van der Waals surface area contributed by atoms with Gasteiger partial charge in [0.05, 0.1) is 11.9 Å². The van der Waals surface area contributed by atoms with Gasteiger partial charge in [0, 0.05) is 15.8 Å². The van der Waals surface area contributed by atoms with Gasteiger partial charge < -0.3 is 4.42 Å². The van der Waals surface area contributed by atoms with Gasteiger partial charge in [0.15, 0.2) is 5.76 Å². The van der Waals surface area contributed by atoms with E-state index in [0.29, 0.717) is 5.75 Å². The van der Waals surface area contributed by atoms with Gasteiger partial charge >= 0.3 is 0 Å². The predicted molar refractivity (Wildman–Crippen MR) is 101 cm³/mol. The molecule has 3 aromatic heterocycles. The molecule has 1 aliphatic carbocycles. The summed E-state index contributed by atoms with van der Waals surface area (Å²) < 4.78 is 5.90. The number of aryl methyl sites for hydroxylation is 2. The van der Waals surface area contributed by atoms with Crippen molar-refractivity contribution in [1.29, 1.82) is 0 Å². The molecular formula is C19H15N3OS2. The number of fused-ring (bicyclic) bond motifs is 3. The van der Waals surface area contributed by atoms with Crippen LogP contribution in [-0.4, -0.2) is 15.0 Å². The van der Waals surface area contributed by atoms with Crippen LogP contribution in [0.5, 0.6) is 0 Å². The third kappa shape index (κ3) is 2.75. The highest BCUT2D eigenvalue weighted by atomic mass is 32.2.